The Morgan fingerprint density at radius 1 is 1.14 bits per heavy atom. The molecule has 0 saturated carbocycles. The highest BCUT2D eigenvalue weighted by molar-refractivity contribution is 5.78. The van der Waals surface area contributed by atoms with Crippen LogP contribution < -0.4 is 4.74 Å². The Balaban J connectivity index is 1.47. The largest absolute Gasteiger partial charge is 0.484 e. The number of benzene rings is 2. The molecular formula is C22H23N3O3. The molecule has 0 N–H and O–H groups in total. The number of ether oxygens (including phenoxy) is 1. The fraction of sp³-hybridized carbons (Fsp3) is 0.318. The van der Waals surface area contributed by atoms with Crippen molar-refractivity contribution in [3.63, 3.8) is 0 Å². The van der Waals surface area contributed by atoms with Crippen LogP contribution in [0.4, 0.5) is 0 Å². The average molecular weight is 377 g/mol. The lowest BCUT2D eigenvalue weighted by Crippen LogP contribution is -2.41. The molecule has 0 bridgehead atoms. The van der Waals surface area contributed by atoms with Crippen molar-refractivity contribution < 1.29 is 14.1 Å². The van der Waals surface area contributed by atoms with Gasteiger partial charge in [-0.2, -0.15) is 4.98 Å². The molecule has 1 atom stereocenters. The summed E-state index contributed by atoms with van der Waals surface area (Å²) in [5.74, 6) is 1.66. The van der Waals surface area contributed by atoms with Gasteiger partial charge in [0.05, 0.1) is 0 Å². The smallest absolute Gasteiger partial charge is 0.261 e. The molecule has 1 saturated heterocycles. The van der Waals surface area contributed by atoms with Crippen LogP contribution in [-0.4, -0.2) is 34.1 Å². The van der Waals surface area contributed by atoms with Crippen molar-refractivity contribution in [1.29, 1.82) is 0 Å². The van der Waals surface area contributed by atoms with Crippen LogP contribution in [0.25, 0.3) is 11.4 Å². The molecule has 0 radical (unpaired) electrons. The Bertz CT molecular complexity index is 922. The van der Waals surface area contributed by atoms with Gasteiger partial charge in [-0.15, -0.1) is 0 Å². The predicted molar refractivity (Wildman–Crippen MR) is 105 cm³/mol. The molecule has 6 heteroatoms. The number of hydrogen-bond acceptors (Lipinski definition) is 5. The zero-order valence-electron chi connectivity index (χ0n) is 15.9. The normalized spacial score (nSPS) is 16.8. The van der Waals surface area contributed by atoms with Crippen LogP contribution in [0.1, 0.15) is 36.8 Å². The van der Waals surface area contributed by atoms with Gasteiger partial charge in [0.25, 0.3) is 5.91 Å². The number of aryl methyl sites for hydroxylation is 1. The molecule has 6 nitrogen and oxygen atoms in total. The van der Waals surface area contributed by atoms with Gasteiger partial charge in [0.2, 0.25) is 11.7 Å². The van der Waals surface area contributed by atoms with Gasteiger partial charge in [-0.25, -0.2) is 0 Å². The second kappa shape index (κ2) is 8.25. The van der Waals surface area contributed by atoms with Crippen molar-refractivity contribution in [2.75, 3.05) is 13.2 Å². The van der Waals surface area contributed by atoms with Crippen LogP contribution >= 0.6 is 0 Å². The first-order chi connectivity index (χ1) is 13.7. The lowest BCUT2D eigenvalue weighted by Gasteiger charge is -2.33. The van der Waals surface area contributed by atoms with E-state index in [2.05, 4.69) is 10.1 Å². The third kappa shape index (κ3) is 4.06. The number of amides is 1. The van der Waals surface area contributed by atoms with Crippen molar-refractivity contribution in [2.24, 2.45) is 0 Å². The van der Waals surface area contributed by atoms with Gasteiger partial charge in [-0.1, -0.05) is 53.2 Å². The minimum atomic E-state index is -0.202. The summed E-state index contributed by atoms with van der Waals surface area (Å²) in [4.78, 5) is 19.2. The number of hydrogen-bond donors (Lipinski definition) is 0. The highest BCUT2D eigenvalue weighted by atomic mass is 16.5. The number of aromatic nitrogens is 2. The predicted octanol–water partition coefficient (Wildman–Crippen LogP) is 4.18. The number of piperidine rings is 1. The maximum Gasteiger partial charge on any atom is 0.261 e. The lowest BCUT2D eigenvalue weighted by atomic mass is 10.0. The van der Waals surface area contributed by atoms with Crippen LogP contribution in [0.15, 0.2) is 59.1 Å². The van der Waals surface area contributed by atoms with Crippen molar-refractivity contribution in [3.05, 3.63) is 66.1 Å². The molecule has 1 fully saturated rings. The fourth-order valence-electron chi connectivity index (χ4n) is 3.42. The Hall–Kier alpha value is -3.15. The van der Waals surface area contributed by atoms with E-state index < -0.39 is 0 Å². The second-order valence-corrected chi connectivity index (χ2v) is 7.02. The van der Waals surface area contributed by atoms with Crippen LogP contribution in [-0.2, 0) is 4.79 Å². The molecule has 0 spiro atoms. The first-order valence-electron chi connectivity index (χ1n) is 9.59. The lowest BCUT2D eigenvalue weighted by molar-refractivity contribution is -0.138. The van der Waals surface area contributed by atoms with Gasteiger partial charge in [-0.3, -0.25) is 4.79 Å². The molecule has 1 aliphatic heterocycles. The van der Waals surface area contributed by atoms with E-state index in [1.165, 1.54) is 5.56 Å². The number of nitrogens with zero attached hydrogens (tertiary/aromatic N) is 3. The van der Waals surface area contributed by atoms with E-state index in [4.69, 9.17) is 9.26 Å². The first-order valence-corrected chi connectivity index (χ1v) is 9.59. The molecule has 144 valence electrons. The monoisotopic (exact) mass is 377 g/mol. The molecule has 3 aromatic rings. The van der Waals surface area contributed by atoms with Gasteiger partial charge in [0, 0.05) is 12.1 Å². The van der Waals surface area contributed by atoms with E-state index in [-0.39, 0.29) is 18.6 Å². The van der Waals surface area contributed by atoms with Crippen LogP contribution in [0, 0.1) is 6.92 Å². The molecule has 28 heavy (non-hydrogen) atoms. The summed E-state index contributed by atoms with van der Waals surface area (Å²) in [6.45, 7) is 2.71. The summed E-state index contributed by atoms with van der Waals surface area (Å²) in [7, 11) is 0. The summed E-state index contributed by atoms with van der Waals surface area (Å²) in [5, 5.41) is 4.12. The van der Waals surface area contributed by atoms with Crippen LogP contribution in [0.3, 0.4) is 0 Å². The van der Waals surface area contributed by atoms with Crippen LogP contribution in [0.2, 0.25) is 0 Å². The third-order valence-electron chi connectivity index (χ3n) is 4.97. The summed E-state index contributed by atoms with van der Waals surface area (Å²) >= 11 is 0. The quantitative estimate of drug-likeness (QED) is 0.667. The van der Waals surface area contributed by atoms with E-state index >= 15 is 0 Å². The highest BCUT2D eigenvalue weighted by Crippen LogP contribution is 2.31. The molecule has 4 rings (SSSR count). The zero-order valence-corrected chi connectivity index (χ0v) is 15.9. The fourth-order valence-corrected chi connectivity index (χ4v) is 3.42. The number of likely N-dealkylation sites (tertiary alicyclic amines) is 1. The summed E-state index contributed by atoms with van der Waals surface area (Å²) in [5.41, 5.74) is 2.08. The Labute approximate surface area is 164 Å². The van der Waals surface area contributed by atoms with Crippen molar-refractivity contribution >= 4 is 5.91 Å². The summed E-state index contributed by atoms with van der Waals surface area (Å²) in [6.07, 6.45) is 2.80. The average Bonchev–Trinajstić information content (AvgIpc) is 3.23. The molecule has 0 aliphatic carbocycles. The van der Waals surface area contributed by atoms with Crippen molar-refractivity contribution in [1.82, 2.24) is 15.0 Å². The number of carbonyl (C=O) groups excluding carboxylic acids is 1. The minimum absolute atomic E-state index is 0.000526. The van der Waals surface area contributed by atoms with E-state index in [9.17, 15) is 4.79 Å². The van der Waals surface area contributed by atoms with Gasteiger partial charge in [0.1, 0.15) is 11.8 Å². The Morgan fingerprint density at radius 3 is 2.71 bits per heavy atom. The maximum absolute atomic E-state index is 12.8. The summed E-state index contributed by atoms with van der Waals surface area (Å²) in [6, 6.07) is 17.1. The molecule has 0 unspecified atom stereocenters. The number of para-hydroxylation sites is 1. The van der Waals surface area contributed by atoms with Crippen molar-refractivity contribution in [2.45, 2.75) is 32.2 Å². The molecular weight excluding hydrogens is 354 g/mol. The van der Waals surface area contributed by atoms with Gasteiger partial charge < -0.3 is 14.2 Å². The summed E-state index contributed by atoms with van der Waals surface area (Å²) < 4.78 is 11.2. The molecule has 1 aliphatic rings. The van der Waals surface area contributed by atoms with Gasteiger partial charge >= 0.3 is 0 Å². The number of carbonyl (C=O) groups is 1. The molecule has 2 aromatic carbocycles. The Kier molecular flexibility index (Phi) is 5.37. The second-order valence-electron chi connectivity index (χ2n) is 7.02. The van der Waals surface area contributed by atoms with E-state index in [1.807, 2.05) is 61.5 Å². The van der Waals surface area contributed by atoms with Crippen molar-refractivity contribution in [3.8, 4) is 17.1 Å². The Morgan fingerprint density at radius 2 is 1.93 bits per heavy atom. The maximum atomic E-state index is 12.8. The topological polar surface area (TPSA) is 68.5 Å². The SMILES string of the molecule is Cc1ccc(-c2noc([C@@H]3CCCCN3C(=O)COc3ccccc3)n2)cc1. The van der Waals surface area contributed by atoms with Gasteiger partial charge in [-0.05, 0) is 38.3 Å². The van der Waals surface area contributed by atoms with E-state index in [0.29, 0.717) is 24.0 Å². The zero-order chi connectivity index (χ0) is 19.3. The highest BCUT2D eigenvalue weighted by Gasteiger charge is 2.32. The first kappa shape index (κ1) is 18.2. The van der Waals surface area contributed by atoms with Crippen LogP contribution in [0.5, 0.6) is 5.75 Å². The third-order valence-corrected chi connectivity index (χ3v) is 4.97. The van der Waals surface area contributed by atoms with Gasteiger partial charge in [0.15, 0.2) is 6.61 Å². The minimum Gasteiger partial charge on any atom is -0.484 e. The molecule has 2 heterocycles. The molecule has 1 aromatic heterocycles. The molecule has 1 amide bonds. The number of rotatable bonds is 5. The van der Waals surface area contributed by atoms with E-state index in [1.54, 1.807) is 4.90 Å². The standard InChI is InChI=1S/C22H23N3O3/c1-16-10-12-17(13-11-16)21-23-22(28-24-21)19-9-5-6-14-25(19)20(26)15-27-18-7-3-2-4-8-18/h2-4,7-8,10-13,19H,5-6,9,14-15H2,1H3/t19-/m0/s1. The van der Waals surface area contributed by atoms with E-state index in [0.717, 1.165) is 24.8 Å².